The van der Waals surface area contributed by atoms with Gasteiger partial charge in [0.1, 0.15) is 0 Å². The van der Waals surface area contributed by atoms with Crippen LogP contribution in [0.2, 0.25) is 0 Å². The van der Waals surface area contributed by atoms with Crippen molar-refractivity contribution in [3.8, 4) is 11.5 Å². The van der Waals surface area contributed by atoms with Crippen LogP contribution >= 0.6 is 0 Å². The Morgan fingerprint density at radius 2 is 1.88 bits per heavy atom. The molecular formula is C19H19NO4. The molecule has 1 saturated heterocycles. The van der Waals surface area contributed by atoms with Gasteiger partial charge in [0.05, 0.1) is 13.2 Å². The minimum absolute atomic E-state index is 0.0130. The molecule has 1 atom stereocenters. The fraction of sp³-hybridized carbons (Fsp3) is 0.316. The summed E-state index contributed by atoms with van der Waals surface area (Å²) in [5, 5.41) is 1.49. The number of fused-ring (bicyclic) bond motifs is 1. The number of rotatable bonds is 4. The first-order valence-electron chi connectivity index (χ1n) is 8.19. The highest BCUT2D eigenvalue weighted by Crippen LogP contribution is 2.37. The van der Waals surface area contributed by atoms with Crippen LogP contribution in [0.25, 0.3) is 0 Å². The molecule has 1 unspecified atom stereocenters. The molecule has 2 aliphatic rings. The summed E-state index contributed by atoms with van der Waals surface area (Å²) in [7, 11) is 0. The summed E-state index contributed by atoms with van der Waals surface area (Å²) in [6.07, 6.45) is 1.26. The largest absolute Gasteiger partial charge is 0.454 e. The van der Waals surface area contributed by atoms with Crippen LogP contribution in [-0.2, 0) is 9.63 Å². The molecular weight excluding hydrogens is 306 g/mol. The number of amides is 1. The lowest BCUT2D eigenvalue weighted by Gasteiger charge is -2.21. The maximum absolute atomic E-state index is 12.6. The first kappa shape index (κ1) is 15.0. The van der Waals surface area contributed by atoms with E-state index in [0.717, 1.165) is 29.0 Å². The van der Waals surface area contributed by atoms with Crippen LogP contribution in [0, 0.1) is 0 Å². The normalized spacial score (nSPS) is 17.1. The van der Waals surface area contributed by atoms with Gasteiger partial charge in [-0.2, -0.15) is 0 Å². The Bertz CT molecular complexity index is 725. The van der Waals surface area contributed by atoms with Crippen LogP contribution in [0.1, 0.15) is 29.9 Å². The molecule has 0 radical (unpaired) electrons. The van der Waals surface area contributed by atoms with E-state index in [1.807, 2.05) is 48.5 Å². The van der Waals surface area contributed by atoms with E-state index in [0.29, 0.717) is 19.6 Å². The highest BCUT2D eigenvalue weighted by Gasteiger charge is 2.26. The van der Waals surface area contributed by atoms with Gasteiger partial charge in [-0.05, 0) is 29.7 Å². The summed E-state index contributed by atoms with van der Waals surface area (Å²) < 4.78 is 10.9. The average molecular weight is 325 g/mol. The summed E-state index contributed by atoms with van der Waals surface area (Å²) in [6.45, 7) is 1.53. The SMILES string of the molecule is O=C(CC(c1ccccc1)c1ccc2c(c1)OCO2)N1CCCO1. The first-order valence-corrected chi connectivity index (χ1v) is 8.19. The van der Waals surface area contributed by atoms with Crippen LogP contribution < -0.4 is 9.47 Å². The zero-order valence-corrected chi connectivity index (χ0v) is 13.3. The Morgan fingerprint density at radius 3 is 2.67 bits per heavy atom. The monoisotopic (exact) mass is 325 g/mol. The van der Waals surface area contributed by atoms with Gasteiger partial charge >= 0.3 is 0 Å². The van der Waals surface area contributed by atoms with E-state index in [9.17, 15) is 4.79 Å². The van der Waals surface area contributed by atoms with Gasteiger partial charge in [0.25, 0.3) is 0 Å². The molecule has 0 N–H and O–H groups in total. The smallest absolute Gasteiger partial charge is 0.247 e. The van der Waals surface area contributed by atoms with Gasteiger partial charge in [0, 0.05) is 12.3 Å². The molecule has 2 aromatic rings. The maximum atomic E-state index is 12.6. The fourth-order valence-electron chi connectivity index (χ4n) is 3.16. The number of nitrogens with zero attached hydrogens (tertiary/aromatic N) is 1. The van der Waals surface area contributed by atoms with Gasteiger partial charge in [-0.1, -0.05) is 36.4 Å². The second kappa shape index (κ2) is 6.53. The molecule has 0 aliphatic carbocycles. The van der Waals surface area contributed by atoms with Crippen molar-refractivity contribution in [1.29, 1.82) is 0 Å². The molecule has 0 aromatic heterocycles. The number of benzene rings is 2. The Labute approximate surface area is 140 Å². The van der Waals surface area contributed by atoms with E-state index in [1.54, 1.807) is 0 Å². The third kappa shape index (κ3) is 2.95. The van der Waals surface area contributed by atoms with Crippen molar-refractivity contribution in [2.45, 2.75) is 18.8 Å². The molecule has 4 rings (SSSR count). The van der Waals surface area contributed by atoms with Gasteiger partial charge in [0.15, 0.2) is 11.5 Å². The summed E-state index contributed by atoms with van der Waals surface area (Å²) in [4.78, 5) is 18.0. The quantitative estimate of drug-likeness (QED) is 0.867. The lowest BCUT2D eigenvalue weighted by Crippen LogP contribution is -2.28. The lowest BCUT2D eigenvalue weighted by atomic mass is 9.88. The van der Waals surface area contributed by atoms with E-state index in [2.05, 4.69) is 0 Å². The second-order valence-electron chi connectivity index (χ2n) is 5.96. The van der Waals surface area contributed by atoms with E-state index >= 15 is 0 Å². The number of carbonyl (C=O) groups is 1. The van der Waals surface area contributed by atoms with Crippen molar-refractivity contribution in [2.75, 3.05) is 19.9 Å². The third-order valence-corrected chi connectivity index (χ3v) is 4.41. The molecule has 1 amide bonds. The van der Waals surface area contributed by atoms with Gasteiger partial charge in [0.2, 0.25) is 12.7 Å². The number of carbonyl (C=O) groups excluding carboxylic acids is 1. The lowest BCUT2D eigenvalue weighted by molar-refractivity contribution is -0.168. The second-order valence-corrected chi connectivity index (χ2v) is 5.96. The predicted molar refractivity (Wildman–Crippen MR) is 87.7 cm³/mol. The van der Waals surface area contributed by atoms with Gasteiger partial charge < -0.3 is 9.47 Å². The van der Waals surface area contributed by atoms with Crippen LogP contribution in [0.15, 0.2) is 48.5 Å². The topological polar surface area (TPSA) is 48.0 Å². The molecule has 124 valence electrons. The van der Waals surface area contributed by atoms with Crippen LogP contribution in [0.4, 0.5) is 0 Å². The Kier molecular flexibility index (Phi) is 4.09. The average Bonchev–Trinajstić information content (AvgIpc) is 3.31. The van der Waals surface area contributed by atoms with Crippen LogP contribution in [0.3, 0.4) is 0 Å². The van der Waals surface area contributed by atoms with Crippen molar-refractivity contribution in [3.05, 3.63) is 59.7 Å². The molecule has 0 saturated carbocycles. The standard InChI is InChI=1S/C19H19NO4/c21-19(20-9-4-10-24-20)12-16(14-5-2-1-3-6-14)15-7-8-17-18(11-15)23-13-22-17/h1-3,5-8,11,16H,4,9-10,12-13H2. The highest BCUT2D eigenvalue weighted by atomic mass is 16.7. The predicted octanol–water partition coefficient (Wildman–Crippen LogP) is 3.10. The van der Waals surface area contributed by atoms with Crippen LogP contribution in [0.5, 0.6) is 11.5 Å². The zero-order valence-electron chi connectivity index (χ0n) is 13.3. The van der Waals surface area contributed by atoms with Crippen molar-refractivity contribution in [3.63, 3.8) is 0 Å². The Morgan fingerprint density at radius 1 is 1.04 bits per heavy atom. The van der Waals surface area contributed by atoms with E-state index < -0.39 is 0 Å². The van der Waals surface area contributed by atoms with Crippen molar-refractivity contribution >= 4 is 5.91 Å². The highest BCUT2D eigenvalue weighted by molar-refractivity contribution is 5.77. The number of hydrogen-bond donors (Lipinski definition) is 0. The summed E-state index contributed by atoms with van der Waals surface area (Å²) in [5.41, 5.74) is 2.14. The molecule has 2 aromatic carbocycles. The molecule has 1 fully saturated rings. The van der Waals surface area contributed by atoms with Crippen molar-refractivity contribution < 1.29 is 19.1 Å². The third-order valence-electron chi connectivity index (χ3n) is 4.41. The van der Waals surface area contributed by atoms with Crippen molar-refractivity contribution in [1.82, 2.24) is 5.06 Å². The van der Waals surface area contributed by atoms with Gasteiger partial charge in [-0.3, -0.25) is 9.63 Å². The Hall–Kier alpha value is -2.53. The minimum atomic E-state index is -0.0441. The van der Waals surface area contributed by atoms with E-state index in [1.165, 1.54) is 5.06 Å². The Balaban J connectivity index is 1.64. The molecule has 5 heteroatoms. The number of hydrogen-bond acceptors (Lipinski definition) is 4. The first-order chi connectivity index (χ1) is 11.8. The van der Waals surface area contributed by atoms with Gasteiger partial charge in [-0.25, -0.2) is 5.06 Å². The molecule has 0 bridgehead atoms. The maximum Gasteiger partial charge on any atom is 0.247 e. The van der Waals surface area contributed by atoms with Gasteiger partial charge in [-0.15, -0.1) is 0 Å². The van der Waals surface area contributed by atoms with Crippen molar-refractivity contribution in [2.24, 2.45) is 0 Å². The zero-order chi connectivity index (χ0) is 16.4. The number of hydroxylamine groups is 2. The van der Waals surface area contributed by atoms with E-state index in [4.69, 9.17) is 14.3 Å². The summed E-state index contributed by atoms with van der Waals surface area (Å²) >= 11 is 0. The summed E-state index contributed by atoms with van der Waals surface area (Å²) in [5.74, 6) is 1.45. The fourth-order valence-corrected chi connectivity index (χ4v) is 3.16. The minimum Gasteiger partial charge on any atom is -0.454 e. The van der Waals surface area contributed by atoms with Crippen LogP contribution in [-0.4, -0.2) is 30.9 Å². The molecule has 2 aliphatic heterocycles. The molecule has 0 spiro atoms. The molecule has 24 heavy (non-hydrogen) atoms. The molecule has 5 nitrogen and oxygen atoms in total. The summed E-state index contributed by atoms with van der Waals surface area (Å²) in [6, 6.07) is 15.9. The van der Waals surface area contributed by atoms with E-state index in [-0.39, 0.29) is 18.6 Å². The molecule has 2 heterocycles. The number of ether oxygens (including phenoxy) is 2.